The first-order valence-electron chi connectivity index (χ1n) is 12.6. The van der Waals surface area contributed by atoms with Gasteiger partial charge < -0.3 is 25.5 Å². The number of carbonyl (C=O) groups is 3. The van der Waals surface area contributed by atoms with Crippen LogP contribution in [-0.2, 0) is 32.8 Å². The number of benzene rings is 1. The first kappa shape index (κ1) is 29.9. The average Bonchev–Trinajstić information content (AvgIpc) is 3.33. The lowest BCUT2D eigenvalue weighted by Gasteiger charge is -2.38. The number of aryl methyl sites for hydroxylation is 1. The smallest absolute Gasteiger partial charge is 0.300 e. The summed E-state index contributed by atoms with van der Waals surface area (Å²) in [6.45, 7) is 7.53. The van der Waals surface area contributed by atoms with E-state index in [1.807, 2.05) is 24.0 Å². The Kier molecular flexibility index (Phi) is 11.7. The van der Waals surface area contributed by atoms with Crippen molar-refractivity contribution in [3.8, 4) is 0 Å². The standard InChI is InChI=1S/C24H31N3O2.2C2H4O2/c1-18-2-7-22(26-16-18)24(29)9-12-27(13-10-24)23(28)15-20-5-3-19(4-6-20)14-21-8-11-25-17-21;2*1-2(3)4/h2-7,16,21,25,29H,8-15,17H2,1H3;2*1H3,(H,3,4). The first-order valence-corrected chi connectivity index (χ1v) is 12.6. The maximum absolute atomic E-state index is 12.7. The molecule has 1 atom stereocenters. The van der Waals surface area contributed by atoms with Crippen LogP contribution >= 0.6 is 0 Å². The van der Waals surface area contributed by atoms with Crippen molar-refractivity contribution in [2.75, 3.05) is 26.2 Å². The van der Waals surface area contributed by atoms with Crippen molar-refractivity contribution in [1.29, 1.82) is 0 Å². The van der Waals surface area contributed by atoms with Gasteiger partial charge in [-0.15, -0.1) is 0 Å². The summed E-state index contributed by atoms with van der Waals surface area (Å²) in [4.78, 5) is 37.0. The van der Waals surface area contributed by atoms with Gasteiger partial charge in [0.25, 0.3) is 11.9 Å². The van der Waals surface area contributed by atoms with Gasteiger partial charge in [0.05, 0.1) is 12.1 Å². The lowest BCUT2D eigenvalue weighted by Crippen LogP contribution is -2.46. The molecule has 9 nitrogen and oxygen atoms in total. The fourth-order valence-electron chi connectivity index (χ4n) is 4.43. The quantitative estimate of drug-likeness (QED) is 0.479. The molecule has 0 saturated carbocycles. The number of carboxylic acids is 2. The van der Waals surface area contributed by atoms with E-state index in [-0.39, 0.29) is 5.91 Å². The number of carboxylic acid groups (broad SMARTS) is 2. The molecule has 1 amide bonds. The van der Waals surface area contributed by atoms with Crippen LogP contribution in [0, 0.1) is 12.8 Å². The molecule has 9 heteroatoms. The Bertz CT molecular complexity index is 989. The number of nitrogens with zero attached hydrogens (tertiary/aromatic N) is 2. The molecule has 2 saturated heterocycles. The highest BCUT2D eigenvalue weighted by atomic mass is 16.4. The minimum Gasteiger partial charge on any atom is -0.481 e. The summed E-state index contributed by atoms with van der Waals surface area (Å²) in [6.07, 6.45) is 5.63. The average molecular weight is 514 g/mol. The monoisotopic (exact) mass is 513 g/mol. The summed E-state index contributed by atoms with van der Waals surface area (Å²) >= 11 is 0. The van der Waals surface area contributed by atoms with Crippen LogP contribution in [0.15, 0.2) is 42.6 Å². The van der Waals surface area contributed by atoms with E-state index in [2.05, 4.69) is 34.6 Å². The topological polar surface area (TPSA) is 140 Å². The molecular weight excluding hydrogens is 474 g/mol. The normalized spacial score (nSPS) is 18.1. The molecule has 1 unspecified atom stereocenters. The van der Waals surface area contributed by atoms with Crippen molar-refractivity contribution in [2.24, 2.45) is 5.92 Å². The largest absolute Gasteiger partial charge is 0.481 e. The van der Waals surface area contributed by atoms with Crippen LogP contribution in [0.25, 0.3) is 0 Å². The van der Waals surface area contributed by atoms with Crippen molar-refractivity contribution in [3.63, 3.8) is 0 Å². The molecule has 0 radical (unpaired) electrons. The fraction of sp³-hybridized carbons (Fsp3) is 0.500. The first-order chi connectivity index (χ1) is 17.5. The van der Waals surface area contributed by atoms with Gasteiger partial charge in [-0.2, -0.15) is 0 Å². The van der Waals surface area contributed by atoms with Gasteiger partial charge in [0.2, 0.25) is 5.91 Å². The van der Waals surface area contributed by atoms with E-state index in [9.17, 15) is 9.90 Å². The Balaban J connectivity index is 0.000000530. The summed E-state index contributed by atoms with van der Waals surface area (Å²) in [5, 5.41) is 29.2. The van der Waals surface area contributed by atoms with Crippen molar-refractivity contribution in [2.45, 2.75) is 58.5 Å². The number of amides is 1. The maximum Gasteiger partial charge on any atom is 0.300 e. The van der Waals surface area contributed by atoms with Crippen molar-refractivity contribution in [3.05, 3.63) is 65.0 Å². The predicted octanol–water partition coefficient (Wildman–Crippen LogP) is 2.78. The van der Waals surface area contributed by atoms with Crippen LogP contribution in [0.1, 0.15) is 55.5 Å². The molecule has 4 N–H and O–H groups in total. The molecule has 37 heavy (non-hydrogen) atoms. The van der Waals surface area contributed by atoms with Gasteiger partial charge in [-0.05, 0) is 74.4 Å². The van der Waals surface area contributed by atoms with E-state index >= 15 is 0 Å². The third kappa shape index (κ3) is 10.7. The molecule has 3 heterocycles. The van der Waals surface area contributed by atoms with Gasteiger partial charge in [-0.1, -0.05) is 30.3 Å². The minimum absolute atomic E-state index is 0.136. The van der Waals surface area contributed by atoms with Crippen molar-refractivity contribution >= 4 is 17.8 Å². The number of aliphatic hydroxyl groups is 1. The van der Waals surface area contributed by atoms with Gasteiger partial charge in [0.1, 0.15) is 5.60 Å². The number of piperidine rings is 1. The van der Waals surface area contributed by atoms with E-state index in [1.54, 1.807) is 6.20 Å². The van der Waals surface area contributed by atoms with Crippen LogP contribution in [0.5, 0.6) is 0 Å². The Morgan fingerprint density at radius 1 is 1.00 bits per heavy atom. The zero-order chi connectivity index (χ0) is 27.4. The number of hydrogen-bond donors (Lipinski definition) is 4. The number of likely N-dealkylation sites (tertiary alicyclic amines) is 1. The van der Waals surface area contributed by atoms with Crippen molar-refractivity contribution < 1.29 is 29.7 Å². The van der Waals surface area contributed by atoms with E-state index in [0.29, 0.717) is 38.0 Å². The number of pyridine rings is 1. The molecule has 0 bridgehead atoms. The Morgan fingerprint density at radius 2 is 1.57 bits per heavy atom. The third-order valence-corrected chi connectivity index (χ3v) is 6.40. The van der Waals surface area contributed by atoms with Crippen LogP contribution in [-0.4, -0.2) is 69.2 Å². The molecule has 0 aliphatic carbocycles. The molecule has 1 aromatic carbocycles. The Morgan fingerprint density at radius 3 is 2.05 bits per heavy atom. The van der Waals surface area contributed by atoms with Crippen LogP contribution in [0.3, 0.4) is 0 Å². The predicted molar refractivity (Wildman–Crippen MR) is 140 cm³/mol. The molecule has 4 rings (SSSR count). The highest BCUT2D eigenvalue weighted by molar-refractivity contribution is 5.79. The summed E-state index contributed by atoms with van der Waals surface area (Å²) in [5.74, 6) is -0.797. The third-order valence-electron chi connectivity index (χ3n) is 6.40. The van der Waals surface area contributed by atoms with Crippen molar-refractivity contribution in [1.82, 2.24) is 15.2 Å². The number of aromatic nitrogens is 1. The zero-order valence-corrected chi connectivity index (χ0v) is 21.9. The highest BCUT2D eigenvalue weighted by Gasteiger charge is 2.36. The van der Waals surface area contributed by atoms with Gasteiger partial charge >= 0.3 is 0 Å². The zero-order valence-electron chi connectivity index (χ0n) is 21.9. The van der Waals surface area contributed by atoms with Crippen LogP contribution in [0.2, 0.25) is 0 Å². The number of rotatable bonds is 5. The lowest BCUT2D eigenvalue weighted by molar-refractivity contribution is -0.136. The second-order valence-electron chi connectivity index (χ2n) is 9.73. The molecular formula is C28H39N3O6. The number of carbonyl (C=O) groups excluding carboxylic acids is 1. The summed E-state index contributed by atoms with van der Waals surface area (Å²) in [6, 6.07) is 12.4. The SMILES string of the molecule is CC(=O)O.CC(=O)O.Cc1ccc(C2(O)CCN(C(=O)Cc3ccc(CC4CCNC4)cc3)CC2)nc1. The molecule has 2 aliphatic rings. The second-order valence-corrected chi connectivity index (χ2v) is 9.73. The molecule has 202 valence electrons. The van der Waals surface area contributed by atoms with Gasteiger partial charge in [0.15, 0.2) is 0 Å². The van der Waals surface area contributed by atoms with E-state index < -0.39 is 17.5 Å². The molecule has 0 spiro atoms. The van der Waals surface area contributed by atoms with E-state index in [4.69, 9.17) is 19.8 Å². The molecule has 1 aromatic heterocycles. The van der Waals surface area contributed by atoms with E-state index in [1.165, 1.54) is 12.0 Å². The summed E-state index contributed by atoms with van der Waals surface area (Å²) in [7, 11) is 0. The lowest BCUT2D eigenvalue weighted by atomic mass is 9.87. The number of nitrogens with one attached hydrogen (secondary N) is 1. The summed E-state index contributed by atoms with van der Waals surface area (Å²) in [5.41, 5.74) is 3.27. The number of aliphatic carboxylic acids is 2. The minimum atomic E-state index is -0.929. The second kappa shape index (κ2) is 14.4. The fourth-order valence-corrected chi connectivity index (χ4v) is 4.43. The maximum atomic E-state index is 12.7. The summed E-state index contributed by atoms with van der Waals surface area (Å²) < 4.78 is 0. The molecule has 2 aliphatic heterocycles. The Hall–Kier alpha value is -3.30. The molecule has 2 aromatic rings. The highest BCUT2D eigenvalue weighted by Crippen LogP contribution is 2.31. The molecule has 2 fully saturated rings. The van der Waals surface area contributed by atoms with E-state index in [0.717, 1.165) is 50.4 Å². The van der Waals surface area contributed by atoms with Gasteiger partial charge in [-0.3, -0.25) is 19.4 Å². The van der Waals surface area contributed by atoms with Gasteiger partial charge in [-0.25, -0.2) is 0 Å². The van der Waals surface area contributed by atoms with Crippen LogP contribution < -0.4 is 5.32 Å². The number of hydrogen-bond acceptors (Lipinski definition) is 6. The van der Waals surface area contributed by atoms with Crippen LogP contribution in [0.4, 0.5) is 0 Å². The Labute approximate surface area is 218 Å². The van der Waals surface area contributed by atoms with Gasteiger partial charge in [0, 0.05) is 33.1 Å².